The van der Waals surface area contributed by atoms with E-state index in [-0.39, 0.29) is 5.92 Å². The van der Waals surface area contributed by atoms with Crippen LogP contribution in [0.4, 0.5) is 13.2 Å². The number of benzene rings is 2. The third-order valence-electron chi connectivity index (χ3n) is 6.58. The third-order valence-corrected chi connectivity index (χ3v) is 7.97. The van der Waals surface area contributed by atoms with Crippen LogP contribution in [0.15, 0.2) is 42.5 Å². The van der Waals surface area contributed by atoms with Crippen LogP contribution >= 0.6 is 22.9 Å². The summed E-state index contributed by atoms with van der Waals surface area (Å²) >= 11 is 7.62. The first-order chi connectivity index (χ1) is 13.8. The molecule has 0 N–H and O–H groups in total. The van der Waals surface area contributed by atoms with Crippen LogP contribution in [-0.2, 0) is 6.18 Å². The van der Waals surface area contributed by atoms with Gasteiger partial charge in [-0.15, -0.1) is 11.3 Å². The number of likely N-dealkylation sites (N-methyl/N-ethyl adjacent to an activating group) is 1. The zero-order chi connectivity index (χ0) is 20.3. The third kappa shape index (κ3) is 3.35. The monoisotopic (exact) mass is 436 g/mol. The topological polar surface area (TPSA) is 16.1 Å². The Hall–Kier alpha value is -1.63. The predicted molar refractivity (Wildman–Crippen MR) is 111 cm³/mol. The number of hydrogen-bond acceptors (Lipinski definition) is 3. The Morgan fingerprint density at radius 1 is 1.10 bits per heavy atom. The zero-order valence-corrected chi connectivity index (χ0v) is 17.4. The lowest BCUT2D eigenvalue weighted by Gasteiger charge is -2.42. The fraction of sp³-hybridized carbons (Fsp3) is 0.409. The molecule has 2 aromatic carbocycles. The number of halogens is 4. The summed E-state index contributed by atoms with van der Waals surface area (Å²) in [5, 5.41) is 1.65. The summed E-state index contributed by atoms with van der Waals surface area (Å²) in [6.45, 7) is 0. The van der Waals surface area contributed by atoms with E-state index in [1.54, 1.807) is 6.07 Å². The van der Waals surface area contributed by atoms with Gasteiger partial charge in [0.1, 0.15) is 0 Å². The van der Waals surface area contributed by atoms with Crippen molar-refractivity contribution in [2.45, 2.75) is 49.4 Å². The molecule has 0 radical (unpaired) electrons. The number of rotatable bonds is 2. The molecule has 29 heavy (non-hydrogen) atoms. The molecule has 5 rings (SSSR count). The minimum Gasteiger partial charge on any atom is -0.300 e. The molecule has 2 bridgehead atoms. The number of alkyl halides is 3. The summed E-state index contributed by atoms with van der Waals surface area (Å²) in [5.74, 6) is 0.468. The van der Waals surface area contributed by atoms with E-state index >= 15 is 0 Å². The molecule has 0 amide bonds. The molecule has 0 saturated carbocycles. The van der Waals surface area contributed by atoms with Gasteiger partial charge in [0, 0.05) is 23.0 Å². The molecule has 7 heteroatoms. The van der Waals surface area contributed by atoms with Gasteiger partial charge in [0.05, 0.1) is 20.8 Å². The van der Waals surface area contributed by atoms with Gasteiger partial charge in [-0.05, 0) is 68.1 Å². The smallest absolute Gasteiger partial charge is 0.300 e. The SMILES string of the molecule is CN1C2CCC1C(c1nc3cc(C(F)(F)F)ccc3s1)C(c1ccc(Cl)cc1)C2. The Balaban J connectivity index is 1.59. The highest BCUT2D eigenvalue weighted by Gasteiger charge is 2.47. The maximum absolute atomic E-state index is 13.1. The van der Waals surface area contributed by atoms with Crippen LogP contribution in [0, 0.1) is 0 Å². The second-order valence-electron chi connectivity index (χ2n) is 8.12. The first kappa shape index (κ1) is 19.3. The molecule has 4 unspecified atom stereocenters. The maximum atomic E-state index is 13.1. The van der Waals surface area contributed by atoms with Crippen molar-refractivity contribution in [3.63, 3.8) is 0 Å². The van der Waals surface area contributed by atoms with E-state index in [1.165, 1.54) is 23.0 Å². The van der Waals surface area contributed by atoms with Crippen LogP contribution < -0.4 is 0 Å². The molecular weight excluding hydrogens is 417 g/mol. The number of fused-ring (bicyclic) bond motifs is 3. The summed E-state index contributed by atoms with van der Waals surface area (Å²) in [4.78, 5) is 7.17. The van der Waals surface area contributed by atoms with E-state index in [2.05, 4.69) is 24.1 Å². The van der Waals surface area contributed by atoms with Crippen molar-refractivity contribution in [1.82, 2.24) is 9.88 Å². The standard InChI is InChI=1S/C22H20ClF3N2S/c1-28-15-7-8-18(28)20(16(11-15)12-2-5-14(23)6-3-12)21-27-17-10-13(22(24,25)26)4-9-19(17)29-21/h2-6,9-10,15-16,18,20H,7-8,11H2,1H3. The largest absolute Gasteiger partial charge is 0.416 e. The average Bonchev–Trinajstić information content (AvgIpc) is 3.19. The fourth-order valence-corrected chi connectivity index (χ4v) is 6.42. The summed E-state index contributed by atoms with van der Waals surface area (Å²) in [6.07, 6.45) is -1.07. The maximum Gasteiger partial charge on any atom is 0.416 e. The van der Waals surface area contributed by atoms with E-state index in [0.717, 1.165) is 35.0 Å². The lowest BCUT2D eigenvalue weighted by atomic mass is 9.76. The van der Waals surface area contributed by atoms with Crippen molar-refractivity contribution in [3.8, 4) is 0 Å². The molecule has 3 aromatic rings. The first-order valence-corrected chi connectivity index (χ1v) is 11.0. The van der Waals surface area contributed by atoms with Crippen LogP contribution in [0.1, 0.15) is 47.2 Å². The molecule has 2 aliphatic rings. The van der Waals surface area contributed by atoms with Crippen LogP contribution in [0.3, 0.4) is 0 Å². The Kier molecular flexibility index (Phi) is 4.64. The minimum absolute atomic E-state index is 0.173. The van der Waals surface area contributed by atoms with Crippen molar-refractivity contribution in [1.29, 1.82) is 0 Å². The molecular formula is C22H20ClF3N2S. The Morgan fingerprint density at radius 3 is 2.59 bits per heavy atom. The van der Waals surface area contributed by atoms with Crippen molar-refractivity contribution in [3.05, 3.63) is 63.6 Å². The summed E-state index contributed by atoms with van der Waals surface area (Å²) in [7, 11) is 2.17. The predicted octanol–water partition coefficient (Wildman–Crippen LogP) is 6.70. The lowest BCUT2D eigenvalue weighted by Crippen LogP contribution is -2.44. The summed E-state index contributed by atoms with van der Waals surface area (Å²) in [5.41, 5.74) is 1.04. The van der Waals surface area contributed by atoms with E-state index in [0.29, 0.717) is 28.5 Å². The van der Waals surface area contributed by atoms with Crippen molar-refractivity contribution in [2.24, 2.45) is 0 Å². The molecule has 2 aliphatic heterocycles. The summed E-state index contributed by atoms with van der Waals surface area (Å²) < 4.78 is 40.2. The van der Waals surface area contributed by atoms with Crippen molar-refractivity contribution in [2.75, 3.05) is 7.05 Å². The van der Waals surface area contributed by atoms with Gasteiger partial charge in [-0.25, -0.2) is 4.98 Å². The molecule has 2 nitrogen and oxygen atoms in total. The molecule has 2 saturated heterocycles. The minimum atomic E-state index is -4.35. The number of thiazole rings is 1. The molecule has 0 spiro atoms. The molecule has 0 aliphatic carbocycles. The van der Waals surface area contributed by atoms with Gasteiger partial charge in [0.25, 0.3) is 0 Å². The van der Waals surface area contributed by atoms with E-state index in [4.69, 9.17) is 16.6 Å². The van der Waals surface area contributed by atoms with Crippen molar-refractivity contribution >= 4 is 33.2 Å². The van der Waals surface area contributed by atoms with Crippen molar-refractivity contribution < 1.29 is 13.2 Å². The quantitative estimate of drug-likeness (QED) is 0.444. The van der Waals surface area contributed by atoms with Crippen LogP contribution in [0.25, 0.3) is 10.2 Å². The molecule has 2 fully saturated rings. The average molecular weight is 437 g/mol. The van der Waals surface area contributed by atoms with Crippen LogP contribution in [0.2, 0.25) is 5.02 Å². The first-order valence-electron chi connectivity index (χ1n) is 9.76. The molecule has 1 aromatic heterocycles. The highest BCUT2D eigenvalue weighted by atomic mass is 35.5. The van der Waals surface area contributed by atoms with E-state index in [9.17, 15) is 13.2 Å². The van der Waals surface area contributed by atoms with Gasteiger partial charge in [-0.2, -0.15) is 13.2 Å². The lowest BCUT2D eigenvalue weighted by molar-refractivity contribution is -0.137. The Labute approximate surface area is 176 Å². The number of piperidine rings is 1. The number of aromatic nitrogens is 1. The van der Waals surface area contributed by atoms with Gasteiger partial charge in [0.15, 0.2) is 0 Å². The van der Waals surface area contributed by atoms with Gasteiger partial charge < -0.3 is 0 Å². The zero-order valence-electron chi connectivity index (χ0n) is 15.8. The normalized spacial score (nSPS) is 27.6. The summed E-state index contributed by atoms with van der Waals surface area (Å²) in [6, 6.07) is 12.8. The highest BCUT2D eigenvalue weighted by molar-refractivity contribution is 7.18. The fourth-order valence-electron chi connectivity index (χ4n) is 5.12. The molecule has 3 heterocycles. The Bertz CT molecular complexity index is 1050. The van der Waals surface area contributed by atoms with Crippen LogP contribution in [0.5, 0.6) is 0 Å². The second kappa shape index (κ2) is 6.96. The van der Waals surface area contributed by atoms with E-state index < -0.39 is 11.7 Å². The highest BCUT2D eigenvalue weighted by Crippen LogP contribution is 2.52. The molecule has 152 valence electrons. The van der Waals surface area contributed by atoms with Gasteiger partial charge >= 0.3 is 6.18 Å². The number of nitrogens with zero attached hydrogens (tertiary/aromatic N) is 2. The van der Waals surface area contributed by atoms with E-state index in [1.807, 2.05) is 12.1 Å². The van der Waals surface area contributed by atoms with Gasteiger partial charge in [0.2, 0.25) is 0 Å². The van der Waals surface area contributed by atoms with Gasteiger partial charge in [-0.3, -0.25) is 4.90 Å². The molecule has 4 atom stereocenters. The van der Waals surface area contributed by atoms with Crippen LogP contribution in [-0.4, -0.2) is 29.0 Å². The Morgan fingerprint density at radius 2 is 1.86 bits per heavy atom. The number of hydrogen-bond donors (Lipinski definition) is 0. The van der Waals surface area contributed by atoms with Gasteiger partial charge in [-0.1, -0.05) is 23.7 Å². The second-order valence-corrected chi connectivity index (χ2v) is 9.61.